The van der Waals surface area contributed by atoms with E-state index in [1.807, 2.05) is 0 Å². The quantitative estimate of drug-likeness (QED) is 0.851. The summed E-state index contributed by atoms with van der Waals surface area (Å²) in [6.45, 7) is 2.07. The van der Waals surface area contributed by atoms with E-state index in [2.05, 4.69) is 5.32 Å². The van der Waals surface area contributed by atoms with Crippen LogP contribution in [0.2, 0.25) is 0 Å². The number of amides is 1. The summed E-state index contributed by atoms with van der Waals surface area (Å²) in [5.41, 5.74) is 7.90. The van der Waals surface area contributed by atoms with Crippen molar-refractivity contribution >= 4 is 11.6 Å². The van der Waals surface area contributed by atoms with Gasteiger partial charge in [0, 0.05) is 18.3 Å². The summed E-state index contributed by atoms with van der Waals surface area (Å²) in [6, 6.07) is 8.54. The van der Waals surface area contributed by atoms with Crippen molar-refractivity contribution in [3.8, 4) is 0 Å². The van der Waals surface area contributed by atoms with Crippen LogP contribution in [0.1, 0.15) is 21.5 Å². The minimum Gasteiger partial charge on any atom is -0.398 e. The van der Waals surface area contributed by atoms with Crippen LogP contribution in [0.15, 0.2) is 36.4 Å². The number of aryl methyl sites for hydroxylation is 1. The molecule has 1 amide bonds. The second kappa shape index (κ2) is 6.35. The van der Waals surface area contributed by atoms with Gasteiger partial charge in [-0.3, -0.25) is 4.79 Å². The van der Waals surface area contributed by atoms with Crippen molar-refractivity contribution < 1.29 is 13.6 Å². The Bertz CT molecular complexity index is 631. The van der Waals surface area contributed by atoms with Crippen LogP contribution in [0.25, 0.3) is 0 Å². The molecule has 0 atom stereocenters. The molecule has 3 nitrogen and oxygen atoms in total. The number of hydrogen-bond acceptors (Lipinski definition) is 2. The second-order valence-electron chi connectivity index (χ2n) is 4.82. The zero-order valence-electron chi connectivity index (χ0n) is 11.6. The van der Waals surface area contributed by atoms with Gasteiger partial charge < -0.3 is 11.1 Å². The van der Waals surface area contributed by atoms with Gasteiger partial charge in [0.1, 0.15) is 11.6 Å². The fourth-order valence-corrected chi connectivity index (χ4v) is 2.16. The normalized spacial score (nSPS) is 10.4. The highest BCUT2D eigenvalue weighted by Crippen LogP contribution is 2.16. The summed E-state index contributed by atoms with van der Waals surface area (Å²) < 4.78 is 26.1. The maximum absolute atomic E-state index is 13.0. The number of hydrogen-bond donors (Lipinski definition) is 2. The third-order valence-electron chi connectivity index (χ3n) is 3.15. The van der Waals surface area contributed by atoms with Gasteiger partial charge in [-0.1, -0.05) is 12.1 Å². The molecule has 0 saturated heterocycles. The lowest BCUT2D eigenvalue weighted by Crippen LogP contribution is -2.27. The zero-order valence-corrected chi connectivity index (χ0v) is 11.6. The van der Waals surface area contributed by atoms with Crippen LogP contribution in [0.4, 0.5) is 14.5 Å². The van der Waals surface area contributed by atoms with Crippen molar-refractivity contribution in [1.82, 2.24) is 5.32 Å². The molecule has 2 rings (SSSR count). The van der Waals surface area contributed by atoms with E-state index in [0.717, 1.165) is 11.6 Å². The van der Waals surface area contributed by atoms with E-state index in [9.17, 15) is 13.6 Å². The number of rotatable bonds is 4. The topological polar surface area (TPSA) is 55.1 Å². The van der Waals surface area contributed by atoms with Gasteiger partial charge in [0.05, 0.1) is 5.56 Å². The number of nitrogen functional groups attached to an aromatic ring is 1. The largest absolute Gasteiger partial charge is 0.398 e. The van der Waals surface area contributed by atoms with E-state index in [4.69, 9.17) is 5.73 Å². The Hall–Kier alpha value is -2.43. The van der Waals surface area contributed by atoms with Crippen LogP contribution >= 0.6 is 0 Å². The fourth-order valence-electron chi connectivity index (χ4n) is 2.16. The Balaban J connectivity index is 1.99. The highest BCUT2D eigenvalue weighted by atomic mass is 19.1. The van der Waals surface area contributed by atoms with Crippen LogP contribution < -0.4 is 11.1 Å². The van der Waals surface area contributed by atoms with Gasteiger partial charge in [0.2, 0.25) is 0 Å². The predicted octanol–water partition coefficient (Wildman–Crippen LogP) is 2.83. The third-order valence-corrected chi connectivity index (χ3v) is 3.15. The van der Waals surface area contributed by atoms with E-state index in [-0.39, 0.29) is 12.5 Å². The first-order valence-corrected chi connectivity index (χ1v) is 6.55. The molecule has 0 fully saturated rings. The SMILES string of the molecule is Cc1cccc(N)c1C(=O)NCCc1cc(F)cc(F)c1. The number of carbonyl (C=O) groups excluding carboxylic acids is 1. The maximum atomic E-state index is 13.0. The fraction of sp³-hybridized carbons (Fsp3) is 0.188. The smallest absolute Gasteiger partial charge is 0.253 e. The van der Waals surface area contributed by atoms with E-state index in [1.165, 1.54) is 12.1 Å². The lowest BCUT2D eigenvalue weighted by molar-refractivity contribution is 0.0954. The van der Waals surface area contributed by atoms with Gasteiger partial charge in [-0.2, -0.15) is 0 Å². The molecule has 0 radical (unpaired) electrons. The van der Waals surface area contributed by atoms with Crippen molar-refractivity contribution in [2.75, 3.05) is 12.3 Å². The van der Waals surface area contributed by atoms with E-state index in [0.29, 0.717) is 23.2 Å². The Labute approximate surface area is 121 Å². The molecule has 110 valence electrons. The molecule has 0 aliphatic heterocycles. The van der Waals surface area contributed by atoms with Gasteiger partial charge in [-0.25, -0.2) is 8.78 Å². The number of nitrogens with two attached hydrogens (primary N) is 1. The Morgan fingerprint density at radius 3 is 2.48 bits per heavy atom. The first-order valence-electron chi connectivity index (χ1n) is 6.55. The molecule has 21 heavy (non-hydrogen) atoms. The monoisotopic (exact) mass is 290 g/mol. The summed E-state index contributed by atoms with van der Waals surface area (Å²) in [6.07, 6.45) is 0.339. The number of benzene rings is 2. The maximum Gasteiger partial charge on any atom is 0.253 e. The van der Waals surface area contributed by atoms with Crippen LogP contribution in [-0.4, -0.2) is 12.5 Å². The number of halogens is 2. The minimum absolute atomic E-state index is 0.273. The molecule has 0 aromatic heterocycles. The summed E-state index contributed by atoms with van der Waals surface area (Å²) in [5.74, 6) is -1.54. The highest BCUT2D eigenvalue weighted by Gasteiger charge is 2.11. The summed E-state index contributed by atoms with van der Waals surface area (Å²) in [4.78, 5) is 12.1. The lowest BCUT2D eigenvalue weighted by Gasteiger charge is -2.10. The second-order valence-corrected chi connectivity index (χ2v) is 4.82. The molecule has 3 N–H and O–H groups in total. The van der Waals surface area contributed by atoms with Crippen molar-refractivity contribution in [3.05, 3.63) is 64.7 Å². The first-order chi connectivity index (χ1) is 9.97. The molecule has 2 aromatic rings. The third kappa shape index (κ3) is 3.78. The number of nitrogens with one attached hydrogen (secondary N) is 1. The van der Waals surface area contributed by atoms with E-state index < -0.39 is 11.6 Å². The van der Waals surface area contributed by atoms with Crippen molar-refractivity contribution in [2.45, 2.75) is 13.3 Å². The molecule has 0 aliphatic rings. The van der Waals surface area contributed by atoms with Gasteiger partial charge in [-0.05, 0) is 42.7 Å². The number of anilines is 1. The molecule has 0 saturated carbocycles. The van der Waals surface area contributed by atoms with Crippen molar-refractivity contribution in [3.63, 3.8) is 0 Å². The van der Waals surface area contributed by atoms with Gasteiger partial charge in [0.25, 0.3) is 5.91 Å². The standard InChI is InChI=1S/C16H16F2N2O/c1-10-3-2-4-14(19)15(10)16(21)20-6-5-11-7-12(17)9-13(18)8-11/h2-4,7-9H,5-6,19H2,1H3,(H,20,21). The van der Waals surface area contributed by atoms with Gasteiger partial charge in [0.15, 0.2) is 0 Å². The van der Waals surface area contributed by atoms with Gasteiger partial charge >= 0.3 is 0 Å². The number of carbonyl (C=O) groups is 1. The van der Waals surface area contributed by atoms with Crippen LogP contribution in [0.5, 0.6) is 0 Å². The molecule has 0 heterocycles. The van der Waals surface area contributed by atoms with E-state index >= 15 is 0 Å². The zero-order chi connectivity index (χ0) is 15.4. The molecule has 0 bridgehead atoms. The molecule has 0 spiro atoms. The first kappa shape index (κ1) is 15.0. The summed E-state index contributed by atoms with van der Waals surface area (Å²) >= 11 is 0. The van der Waals surface area contributed by atoms with Gasteiger partial charge in [-0.15, -0.1) is 0 Å². The Morgan fingerprint density at radius 2 is 1.86 bits per heavy atom. The Morgan fingerprint density at radius 1 is 1.19 bits per heavy atom. The molecular formula is C16H16F2N2O. The van der Waals surface area contributed by atoms with Crippen molar-refractivity contribution in [2.24, 2.45) is 0 Å². The average Bonchev–Trinajstić information content (AvgIpc) is 2.37. The van der Waals surface area contributed by atoms with Crippen LogP contribution in [0.3, 0.4) is 0 Å². The Kier molecular flexibility index (Phi) is 4.52. The lowest BCUT2D eigenvalue weighted by atomic mass is 10.1. The minimum atomic E-state index is -0.625. The summed E-state index contributed by atoms with van der Waals surface area (Å²) in [7, 11) is 0. The summed E-state index contributed by atoms with van der Waals surface area (Å²) in [5, 5.41) is 2.70. The highest BCUT2D eigenvalue weighted by molar-refractivity contribution is 6.00. The van der Waals surface area contributed by atoms with Crippen molar-refractivity contribution in [1.29, 1.82) is 0 Å². The molecule has 2 aromatic carbocycles. The average molecular weight is 290 g/mol. The molecule has 0 aliphatic carbocycles. The molecular weight excluding hydrogens is 274 g/mol. The van der Waals surface area contributed by atoms with Crippen LogP contribution in [0, 0.1) is 18.6 Å². The van der Waals surface area contributed by atoms with E-state index in [1.54, 1.807) is 25.1 Å². The molecule has 0 unspecified atom stereocenters. The van der Waals surface area contributed by atoms with Crippen LogP contribution in [-0.2, 0) is 6.42 Å². The molecule has 5 heteroatoms. The predicted molar refractivity (Wildman–Crippen MR) is 78.0 cm³/mol.